The number of likely N-dealkylation sites (tertiary alicyclic amines) is 2. The van der Waals surface area contributed by atoms with Gasteiger partial charge in [-0.3, -0.25) is 28.9 Å². The van der Waals surface area contributed by atoms with Crippen molar-refractivity contribution >= 4 is 53.9 Å². The molecule has 3 N–H and O–H groups in total. The number of ether oxygens (including phenoxy) is 1. The molecule has 3 saturated heterocycles. The third-order valence-corrected chi connectivity index (χ3v) is 14.4. The summed E-state index contributed by atoms with van der Waals surface area (Å²) in [6.07, 6.45) is 6.49. The van der Waals surface area contributed by atoms with E-state index < -0.39 is 36.9 Å². The van der Waals surface area contributed by atoms with Gasteiger partial charge in [-0.25, -0.2) is 23.5 Å². The van der Waals surface area contributed by atoms with Crippen molar-refractivity contribution in [3.8, 4) is 28.3 Å². The highest BCUT2D eigenvalue weighted by Gasteiger charge is 2.39. The van der Waals surface area contributed by atoms with Crippen LogP contribution in [0.1, 0.15) is 83.4 Å². The molecule has 0 radical (unpaired) electrons. The van der Waals surface area contributed by atoms with E-state index in [1.54, 1.807) is 39.0 Å². The molecule has 0 bridgehead atoms. The number of anilines is 2. The molecule has 1 spiro atoms. The van der Waals surface area contributed by atoms with Gasteiger partial charge < -0.3 is 29.5 Å². The molecule has 3 aliphatic heterocycles. The topological polar surface area (TPSA) is 162 Å². The van der Waals surface area contributed by atoms with Crippen LogP contribution < -0.4 is 20.3 Å². The normalized spacial score (nSPS) is 16.4. The molecule has 70 heavy (non-hydrogen) atoms. The first kappa shape index (κ1) is 48.0. The minimum atomic E-state index is -1.12. The molecule has 14 nitrogen and oxygen atoms in total. The average molecular weight is 955 g/mol. The van der Waals surface area contributed by atoms with Gasteiger partial charge in [0.15, 0.2) is 0 Å². The maximum atomic E-state index is 15.3. The number of benzene rings is 4. The molecule has 5 heterocycles. The van der Waals surface area contributed by atoms with E-state index in [0.717, 1.165) is 69.1 Å². The molecule has 5 amide bonds. The van der Waals surface area contributed by atoms with Gasteiger partial charge in [-0.15, -0.1) is 0 Å². The van der Waals surface area contributed by atoms with E-state index in [4.69, 9.17) is 9.39 Å². The number of carbonyl (C=O) groups excluding carboxylic acids is 4. The fourth-order valence-corrected chi connectivity index (χ4v) is 9.93. The molecule has 3 fully saturated rings. The maximum Gasteiger partial charge on any atom is 0.482 e. The number of piperidine rings is 2. The van der Waals surface area contributed by atoms with Gasteiger partial charge in [-0.1, -0.05) is 30.3 Å². The second kappa shape index (κ2) is 19.8. The standard InChI is InChI=1S/C52H54BF3N8O6/c1-31-38(27-36(54)28-41(31)60-48(66)37-11-10-35(26-40(37)55)51(2,3)70-53-56)46-39-29-42(59-47(39)58-30-57-46)33-7-5-32(6-8-33)13-19-62-21-15-52(16-22-62)17-23-63(24-18-52)49(67)34-9-12-44(69-4)43(25-34)64-20-14-45(65)61-50(64)68/h5-12,25-30,53H,13-24H2,1-4H3,(H,60,66)(H,57,58,59)(H,61,65,68). The first-order valence-corrected chi connectivity index (χ1v) is 23.5. The molecule has 2 aromatic heterocycles. The number of hydrogen-bond donors (Lipinski definition) is 3. The molecule has 3 aliphatic rings. The van der Waals surface area contributed by atoms with Gasteiger partial charge in [0.1, 0.15) is 29.4 Å². The Balaban J connectivity index is 0.794. The van der Waals surface area contributed by atoms with Crippen LogP contribution in [-0.2, 0) is 21.5 Å². The summed E-state index contributed by atoms with van der Waals surface area (Å²) in [5.41, 5.74) is 5.18. The van der Waals surface area contributed by atoms with Crippen molar-refractivity contribution in [1.82, 2.24) is 30.1 Å². The van der Waals surface area contributed by atoms with Gasteiger partial charge in [-0.05, 0) is 142 Å². The van der Waals surface area contributed by atoms with Crippen LogP contribution in [0.5, 0.6) is 5.75 Å². The Hall–Kier alpha value is -7.05. The Morgan fingerprint density at radius 2 is 1.64 bits per heavy atom. The number of methoxy groups -OCH3 is 1. The van der Waals surface area contributed by atoms with E-state index in [0.29, 0.717) is 63.5 Å². The smallest absolute Gasteiger partial charge is 0.482 e. The van der Waals surface area contributed by atoms with E-state index in [1.807, 2.05) is 11.0 Å². The number of amides is 5. The number of imide groups is 1. The summed E-state index contributed by atoms with van der Waals surface area (Å²) in [6.45, 7) is 9.38. The van der Waals surface area contributed by atoms with E-state index in [9.17, 15) is 23.5 Å². The van der Waals surface area contributed by atoms with Crippen molar-refractivity contribution in [3.63, 3.8) is 0 Å². The van der Waals surface area contributed by atoms with Crippen LogP contribution in [0.15, 0.2) is 85.2 Å². The number of aromatic amines is 1. The van der Waals surface area contributed by atoms with Crippen LogP contribution in [0.3, 0.4) is 0 Å². The molecule has 6 aromatic rings. The van der Waals surface area contributed by atoms with Crippen molar-refractivity contribution < 1.29 is 41.7 Å². The summed E-state index contributed by atoms with van der Waals surface area (Å²) in [6, 6.07) is 21.3. The number of rotatable bonds is 13. The van der Waals surface area contributed by atoms with E-state index in [-0.39, 0.29) is 41.4 Å². The highest BCUT2D eigenvalue weighted by Crippen LogP contribution is 2.42. The highest BCUT2D eigenvalue weighted by atomic mass is 19.1. The number of carbonyl (C=O) groups is 4. The number of urea groups is 1. The molecule has 0 unspecified atom stereocenters. The molecular formula is C52H54BF3N8O6. The lowest BCUT2D eigenvalue weighted by atomic mass is 9.71. The van der Waals surface area contributed by atoms with Crippen molar-refractivity contribution in [2.24, 2.45) is 5.41 Å². The highest BCUT2D eigenvalue weighted by molar-refractivity contribution is 6.17. The average Bonchev–Trinajstić information content (AvgIpc) is 3.80. The molecule has 4 aromatic carbocycles. The minimum absolute atomic E-state index is 0.0785. The number of nitrogens with zero attached hydrogens (tertiary/aromatic N) is 5. The molecule has 0 atom stereocenters. The predicted molar refractivity (Wildman–Crippen MR) is 262 cm³/mol. The van der Waals surface area contributed by atoms with Crippen molar-refractivity contribution in [1.29, 1.82) is 0 Å². The fourth-order valence-electron chi connectivity index (χ4n) is 9.93. The summed E-state index contributed by atoms with van der Waals surface area (Å²) in [7, 11) is 0.456. The molecule has 362 valence electrons. The van der Waals surface area contributed by atoms with Crippen LogP contribution >= 0.6 is 0 Å². The van der Waals surface area contributed by atoms with Gasteiger partial charge in [0.25, 0.3) is 11.8 Å². The van der Waals surface area contributed by atoms with E-state index >= 15 is 8.78 Å². The maximum absolute atomic E-state index is 15.3. The minimum Gasteiger partial charge on any atom is -0.495 e. The molecular weight excluding hydrogens is 900 g/mol. The van der Waals surface area contributed by atoms with Gasteiger partial charge in [-0.2, -0.15) is 0 Å². The zero-order valence-corrected chi connectivity index (χ0v) is 39.6. The van der Waals surface area contributed by atoms with Gasteiger partial charge in [0.2, 0.25) is 5.91 Å². The Labute approximate surface area is 404 Å². The zero-order chi connectivity index (χ0) is 49.3. The van der Waals surface area contributed by atoms with E-state index in [2.05, 4.69) is 54.8 Å². The quantitative estimate of drug-likeness (QED) is 0.0963. The van der Waals surface area contributed by atoms with Gasteiger partial charge in [0.05, 0.1) is 29.7 Å². The second-order valence-corrected chi connectivity index (χ2v) is 18.9. The Bertz CT molecular complexity index is 2980. The van der Waals surface area contributed by atoms with Crippen LogP contribution in [0.2, 0.25) is 0 Å². The van der Waals surface area contributed by atoms with E-state index in [1.165, 1.54) is 48.2 Å². The van der Waals surface area contributed by atoms with Crippen LogP contribution in [0.25, 0.3) is 33.5 Å². The number of halogens is 3. The lowest BCUT2D eigenvalue weighted by Gasteiger charge is -2.47. The third kappa shape index (κ3) is 9.88. The second-order valence-electron chi connectivity index (χ2n) is 18.9. The lowest BCUT2D eigenvalue weighted by Crippen LogP contribution is -2.50. The van der Waals surface area contributed by atoms with Crippen LogP contribution in [0, 0.1) is 24.0 Å². The number of nitrogens with one attached hydrogen (secondary N) is 3. The number of H-pyrrole nitrogens is 1. The molecule has 0 saturated carbocycles. The summed E-state index contributed by atoms with van der Waals surface area (Å²) >= 11 is 0. The molecule has 0 aliphatic carbocycles. The van der Waals surface area contributed by atoms with Crippen molar-refractivity contribution in [2.75, 3.05) is 56.6 Å². The lowest BCUT2D eigenvalue weighted by molar-refractivity contribution is -0.120. The van der Waals surface area contributed by atoms with Gasteiger partial charge >= 0.3 is 13.8 Å². The summed E-state index contributed by atoms with van der Waals surface area (Å²) in [4.78, 5) is 69.6. The fraction of sp³-hybridized carbons (Fsp3) is 0.346. The number of aromatic nitrogens is 3. The Morgan fingerprint density at radius 3 is 2.34 bits per heavy atom. The SMILES string of the molecule is COc1ccc(C(=O)N2CCC3(CCN(CCc4ccc(-c5cc6c(-c7cc(F)cc(NC(=O)c8ccc(C(C)(C)OBF)cc8F)c7C)ncnc6[nH]5)cc4)CC3)CC2)cc1N1CCC(=O)NC1=O. The number of hydrogen-bond acceptors (Lipinski definition) is 9. The molecule has 18 heteroatoms. The van der Waals surface area contributed by atoms with Crippen molar-refractivity contribution in [3.05, 3.63) is 125 Å². The van der Waals surface area contributed by atoms with Crippen LogP contribution in [-0.4, -0.2) is 103 Å². The third-order valence-electron chi connectivity index (χ3n) is 14.4. The zero-order valence-electron chi connectivity index (χ0n) is 39.6. The Kier molecular flexibility index (Phi) is 13.5. The predicted octanol–water partition coefficient (Wildman–Crippen LogP) is 8.63. The summed E-state index contributed by atoms with van der Waals surface area (Å²) in [5.74, 6) is -2.18. The van der Waals surface area contributed by atoms with Crippen LogP contribution in [0.4, 0.5) is 29.3 Å². The monoisotopic (exact) mass is 954 g/mol. The van der Waals surface area contributed by atoms with Crippen molar-refractivity contribution in [2.45, 2.75) is 64.9 Å². The summed E-state index contributed by atoms with van der Waals surface area (Å²) < 4.78 is 53.9. The van der Waals surface area contributed by atoms with Gasteiger partial charge in [0, 0.05) is 60.5 Å². The first-order valence-electron chi connectivity index (χ1n) is 23.5. The number of fused-ring (bicyclic) bond motifs is 1. The molecule has 9 rings (SSSR count). The summed E-state index contributed by atoms with van der Waals surface area (Å²) in [5, 5.41) is 5.65. The Morgan fingerprint density at radius 1 is 0.900 bits per heavy atom. The first-order chi connectivity index (χ1) is 33.6. The largest absolute Gasteiger partial charge is 0.495 e.